The monoisotopic (exact) mass is 367 g/mol. The highest BCUT2D eigenvalue weighted by Gasteiger charge is 2.25. The van der Waals surface area contributed by atoms with Crippen LogP contribution in [0, 0.1) is 0 Å². The first-order chi connectivity index (χ1) is 11.7. The summed E-state index contributed by atoms with van der Waals surface area (Å²) in [7, 11) is 1.19. The summed E-state index contributed by atoms with van der Waals surface area (Å²) in [5, 5.41) is 3.19. The number of hydrogen-bond acceptors (Lipinski definition) is 5. The van der Waals surface area contributed by atoms with Crippen molar-refractivity contribution in [3.8, 4) is 0 Å². The molecular formula is C17H25N3O4S. The van der Waals surface area contributed by atoms with E-state index in [1.54, 1.807) is 4.90 Å². The molecule has 0 aliphatic carbocycles. The Hall–Kier alpha value is -1.93. The Morgan fingerprint density at radius 3 is 2.44 bits per heavy atom. The van der Waals surface area contributed by atoms with Gasteiger partial charge in [-0.05, 0) is 44.2 Å². The maximum Gasteiger partial charge on any atom is 0.253 e. The van der Waals surface area contributed by atoms with Crippen molar-refractivity contribution in [3.05, 3.63) is 29.8 Å². The molecule has 1 fully saturated rings. The second-order valence-electron chi connectivity index (χ2n) is 6.45. The summed E-state index contributed by atoms with van der Waals surface area (Å²) in [6.45, 7) is 1.35. The Bertz CT molecular complexity index is 729. The number of likely N-dealkylation sites (tertiary alicyclic amines) is 1. The van der Waals surface area contributed by atoms with Gasteiger partial charge in [0.05, 0.1) is 4.90 Å². The van der Waals surface area contributed by atoms with Gasteiger partial charge < -0.3 is 15.1 Å². The van der Waals surface area contributed by atoms with Crippen LogP contribution in [0.1, 0.15) is 23.2 Å². The van der Waals surface area contributed by atoms with E-state index in [0.717, 1.165) is 12.8 Å². The highest BCUT2D eigenvalue weighted by molar-refractivity contribution is 7.92. The van der Waals surface area contributed by atoms with Crippen LogP contribution in [0.3, 0.4) is 0 Å². The predicted molar refractivity (Wildman–Crippen MR) is 95.2 cm³/mol. The molecule has 1 atom stereocenters. The van der Waals surface area contributed by atoms with Crippen LogP contribution < -0.4 is 5.32 Å². The third-order valence-electron chi connectivity index (χ3n) is 4.39. The molecule has 7 nitrogen and oxygen atoms in total. The zero-order chi connectivity index (χ0) is 18.6. The van der Waals surface area contributed by atoms with Crippen molar-refractivity contribution in [2.24, 2.45) is 0 Å². The van der Waals surface area contributed by atoms with Gasteiger partial charge in [0.15, 0.2) is 9.84 Å². The molecule has 2 amide bonds. The Balaban J connectivity index is 2.11. The highest BCUT2D eigenvalue weighted by atomic mass is 32.2. The standard InChI is InChI=1S/C17H25N3O4S/c1-18-14-5-4-10-20(11-14)17(22)13-6-8-15(9-7-13)25(23,24)12-16(21)19(2)3/h6-9,14,18H,4-5,10-12H2,1-3H3. The lowest BCUT2D eigenvalue weighted by Crippen LogP contribution is -2.46. The SMILES string of the molecule is CNC1CCCN(C(=O)c2ccc(S(=O)(=O)CC(=O)N(C)C)cc2)C1. The minimum Gasteiger partial charge on any atom is -0.348 e. The Morgan fingerprint density at radius 2 is 1.88 bits per heavy atom. The van der Waals surface area contributed by atoms with Gasteiger partial charge in [-0.25, -0.2) is 8.42 Å². The number of likely N-dealkylation sites (N-methyl/N-ethyl adjacent to an activating group) is 1. The quantitative estimate of drug-likeness (QED) is 0.813. The van der Waals surface area contributed by atoms with Crippen LogP contribution in [0.2, 0.25) is 0 Å². The number of amides is 2. The summed E-state index contributed by atoms with van der Waals surface area (Å²) in [4.78, 5) is 27.3. The molecule has 8 heteroatoms. The van der Waals surface area contributed by atoms with Gasteiger partial charge in [0.1, 0.15) is 5.75 Å². The summed E-state index contributed by atoms with van der Waals surface area (Å²) in [5.74, 6) is -1.16. The zero-order valence-corrected chi connectivity index (χ0v) is 15.7. The van der Waals surface area contributed by atoms with Crippen LogP contribution in [0.4, 0.5) is 0 Å². The second kappa shape index (κ2) is 7.97. The molecule has 138 valence electrons. The Morgan fingerprint density at radius 1 is 1.24 bits per heavy atom. The minimum absolute atomic E-state index is 0.0472. The molecule has 1 aromatic rings. The lowest BCUT2D eigenvalue weighted by atomic mass is 10.0. The first kappa shape index (κ1) is 19.4. The number of piperidine rings is 1. The molecule has 1 heterocycles. The molecule has 25 heavy (non-hydrogen) atoms. The van der Waals surface area contributed by atoms with E-state index in [4.69, 9.17) is 0 Å². The molecule has 0 spiro atoms. The van der Waals surface area contributed by atoms with Crippen molar-refractivity contribution >= 4 is 21.7 Å². The van der Waals surface area contributed by atoms with E-state index in [0.29, 0.717) is 18.7 Å². The molecule has 2 rings (SSSR count). The maximum atomic E-state index is 12.6. The normalized spacial score (nSPS) is 18.0. The molecule has 0 bridgehead atoms. The zero-order valence-electron chi connectivity index (χ0n) is 14.9. The third-order valence-corrected chi connectivity index (χ3v) is 6.01. The van der Waals surface area contributed by atoms with E-state index < -0.39 is 21.5 Å². The number of hydrogen-bond donors (Lipinski definition) is 1. The molecule has 1 saturated heterocycles. The van der Waals surface area contributed by atoms with Crippen LogP contribution >= 0.6 is 0 Å². The molecule has 1 unspecified atom stereocenters. The fourth-order valence-electron chi connectivity index (χ4n) is 2.76. The van der Waals surface area contributed by atoms with Gasteiger partial charge in [0, 0.05) is 38.8 Å². The number of sulfone groups is 1. The van der Waals surface area contributed by atoms with E-state index in [1.165, 1.54) is 43.3 Å². The number of rotatable bonds is 5. The van der Waals surface area contributed by atoms with Crippen molar-refractivity contribution in [1.29, 1.82) is 0 Å². The third kappa shape index (κ3) is 4.79. The average molecular weight is 367 g/mol. The number of carbonyl (C=O) groups is 2. The van der Waals surface area contributed by atoms with Crippen molar-refractivity contribution in [2.75, 3.05) is 40.0 Å². The maximum absolute atomic E-state index is 12.6. The molecule has 1 N–H and O–H groups in total. The number of nitrogens with zero attached hydrogens (tertiary/aromatic N) is 2. The van der Waals surface area contributed by atoms with Crippen LogP contribution in [0.25, 0.3) is 0 Å². The smallest absolute Gasteiger partial charge is 0.253 e. The molecular weight excluding hydrogens is 342 g/mol. The Labute approximate surface area is 148 Å². The lowest BCUT2D eigenvalue weighted by molar-refractivity contribution is -0.125. The van der Waals surface area contributed by atoms with Gasteiger partial charge in [-0.2, -0.15) is 0 Å². The van der Waals surface area contributed by atoms with Crippen LogP contribution in [0.5, 0.6) is 0 Å². The minimum atomic E-state index is -3.71. The molecule has 1 aliphatic rings. The summed E-state index contributed by atoms with van der Waals surface area (Å²) in [6, 6.07) is 6.10. The fourth-order valence-corrected chi connectivity index (χ4v) is 4.06. The summed E-state index contributed by atoms with van der Waals surface area (Å²) >= 11 is 0. The van der Waals surface area contributed by atoms with Gasteiger partial charge in [-0.3, -0.25) is 9.59 Å². The first-order valence-corrected chi connectivity index (χ1v) is 9.89. The number of benzene rings is 1. The van der Waals surface area contributed by atoms with E-state index >= 15 is 0 Å². The van der Waals surface area contributed by atoms with E-state index in [1.807, 2.05) is 7.05 Å². The Kier molecular flexibility index (Phi) is 6.18. The summed E-state index contributed by atoms with van der Waals surface area (Å²) < 4.78 is 24.5. The lowest BCUT2D eigenvalue weighted by Gasteiger charge is -2.32. The van der Waals surface area contributed by atoms with Gasteiger partial charge in [0.2, 0.25) is 5.91 Å². The molecule has 0 radical (unpaired) electrons. The topological polar surface area (TPSA) is 86.8 Å². The van der Waals surface area contributed by atoms with E-state index in [9.17, 15) is 18.0 Å². The number of carbonyl (C=O) groups excluding carboxylic acids is 2. The van der Waals surface area contributed by atoms with Gasteiger partial charge in [-0.15, -0.1) is 0 Å². The van der Waals surface area contributed by atoms with Gasteiger partial charge >= 0.3 is 0 Å². The second-order valence-corrected chi connectivity index (χ2v) is 8.44. The van der Waals surface area contributed by atoms with Crippen molar-refractivity contribution in [1.82, 2.24) is 15.1 Å². The largest absolute Gasteiger partial charge is 0.348 e. The fraction of sp³-hybridized carbons (Fsp3) is 0.529. The molecule has 0 saturated carbocycles. The van der Waals surface area contributed by atoms with E-state index in [-0.39, 0.29) is 16.8 Å². The van der Waals surface area contributed by atoms with Crippen LogP contribution in [-0.4, -0.2) is 76.1 Å². The van der Waals surface area contributed by atoms with Crippen molar-refractivity contribution in [3.63, 3.8) is 0 Å². The first-order valence-electron chi connectivity index (χ1n) is 8.24. The summed E-state index contributed by atoms with van der Waals surface area (Å²) in [6.07, 6.45) is 1.98. The van der Waals surface area contributed by atoms with Gasteiger partial charge in [0.25, 0.3) is 5.91 Å². The average Bonchev–Trinajstić information content (AvgIpc) is 2.60. The van der Waals surface area contributed by atoms with Crippen molar-refractivity contribution < 1.29 is 18.0 Å². The van der Waals surface area contributed by atoms with Crippen molar-refractivity contribution in [2.45, 2.75) is 23.8 Å². The molecule has 1 aromatic carbocycles. The van der Waals surface area contributed by atoms with Crippen LogP contribution in [-0.2, 0) is 14.6 Å². The number of nitrogens with one attached hydrogen (secondary N) is 1. The van der Waals surface area contributed by atoms with Crippen LogP contribution in [0.15, 0.2) is 29.2 Å². The highest BCUT2D eigenvalue weighted by Crippen LogP contribution is 2.17. The molecule has 0 aromatic heterocycles. The van der Waals surface area contributed by atoms with E-state index in [2.05, 4.69) is 5.32 Å². The van der Waals surface area contributed by atoms with Gasteiger partial charge in [-0.1, -0.05) is 0 Å². The molecule has 1 aliphatic heterocycles. The summed E-state index contributed by atoms with van der Waals surface area (Å²) in [5.41, 5.74) is 0.453. The predicted octanol–water partition coefficient (Wildman–Crippen LogP) is 0.373.